The number of amides is 2. The first-order chi connectivity index (χ1) is 12.6. The van der Waals surface area contributed by atoms with Gasteiger partial charge in [0.2, 0.25) is 0 Å². The summed E-state index contributed by atoms with van der Waals surface area (Å²) in [6.07, 6.45) is 0.631. The molecule has 0 spiro atoms. The van der Waals surface area contributed by atoms with Crippen molar-refractivity contribution in [3.05, 3.63) is 89.5 Å². The summed E-state index contributed by atoms with van der Waals surface area (Å²) in [4.78, 5) is 27.1. The first-order valence-electron chi connectivity index (χ1n) is 8.69. The number of imide groups is 1. The van der Waals surface area contributed by atoms with Gasteiger partial charge >= 0.3 is 0 Å². The van der Waals surface area contributed by atoms with Gasteiger partial charge in [0.1, 0.15) is 0 Å². The third-order valence-electron chi connectivity index (χ3n) is 4.93. The van der Waals surface area contributed by atoms with Gasteiger partial charge in [0, 0.05) is 23.1 Å². The van der Waals surface area contributed by atoms with Gasteiger partial charge in [-0.2, -0.15) is 0 Å². The zero-order chi connectivity index (χ0) is 18.3. The van der Waals surface area contributed by atoms with Crippen molar-refractivity contribution in [1.82, 2.24) is 4.90 Å². The number of nitrogens with zero attached hydrogens (tertiary/aromatic N) is 1. The van der Waals surface area contributed by atoms with Crippen molar-refractivity contribution in [1.29, 1.82) is 0 Å². The Morgan fingerprint density at radius 1 is 0.885 bits per heavy atom. The van der Waals surface area contributed by atoms with Crippen LogP contribution in [-0.4, -0.2) is 23.3 Å². The molecule has 0 saturated carbocycles. The molecule has 0 aromatic heterocycles. The highest BCUT2D eigenvalue weighted by atomic mass is 16.2. The Morgan fingerprint density at radius 3 is 2.00 bits per heavy atom. The first kappa shape index (κ1) is 16.3. The molecule has 0 bridgehead atoms. The lowest BCUT2D eigenvalue weighted by atomic mass is 9.94. The topological polar surface area (TPSA) is 37.4 Å². The lowest BCUT2D eigenvalue weighted by molar-refractivity contribution is 0.0612. The number of hydrogen-bond donors (Lipinski definition) is 0. The van der Waals surface area contributed by atoms with Crippen LogP contribution in [0, 0.1) is 0 Å². The summed E-state index contributed by atoms with van der Waals surface area (Å²) in [6, 6.07) is 19.3. The van der Waals surface area contributed by atoms with E-state index >= 15 is 0 Å². The predicted octanol–water partition coefficient (Wildman–Crippen LogP) is 4.71. The second-order valence-electron chi connectivity index (χ2n) is 6.70. The van der Waals surface area contributed by atoms with Crippen LogP contribution in [0.5, 0.6) is 0 Å². The van der Waals surface area contributed by atoms with Crippen molar-refractivity contribution in [2.75, 3.05) is 6.54 Å². The molecule has 0 saturated heterocycles. The maximum Gasteiger partial charge on any atom is 0.261 e. The Labute approximate surface area is 152 Å². The van der Waals surface area contributed by atoms with Gasteiger partial charge in [-0.15, -0.1) is 0 Å². The fourth-order valence-electron chi connectivity index (χ4n) is 3.48. The summed E-state index contributed by atoms with van der Waals surface area (Å²) < 4.78 is 0. The predicted molar refractivity (Wildman–Crippen MR) is 104 cm³/mol. The van der Waals surface area contributed by atoms with E-state index in [0.29, 0.717) is 24.1 Å². The number of carbonyl (C=O) groups excluding carboxylic acids is 2. The zero-order valence-electron chi connectivity index (χ0n) is 14.7. The maximum atomic E-state index is 12.9. The van der Waals surface area contributed by atoms with Crippen LogP contribution in [-0.2, 0) is 6.42 Å². The minimum Gasteiger partial charge on any atom is -0.274 e. The van der Waals surface area contributed by atoms with Crippen molar-refractivity contribution in [3.63, 3.8) is 0 Å². The largest absolute Gasteiger partial charge is 0.274 e. The highest BCUT2D eigenvalue weighted by Gasteiger charge is 2.32. The molecule has 0 atom stereocenters. The summed E-state index contributed by atoms with van der Waals surface area (Å²) in [6.45, 7) is 6.28. The summed E-state index contributed by atoms with van der Waals surface area (Å²) in [5, 5.41) is 1.70. The molecule has 4 rings (SSSR count). The summed E-state index contributed by atoms with van der Waals surface area (Å²) in [7, 11) is 0. The summed E-state index contributed by atoms with van der Waals surface area (Å²) in [5.41, 5.74) is 4.42. The molecule has 2 amide bonds. The molecule has 3 nitrogen and oxygen atoms in total. The van der Waals surface area contributed by atoms with Gasteiger partial charge in [-0.25, -0.2) is 0 Å². The average Bonchev–Trinajstić information content (AvgIpc) is 2.66. The molecule has 3 heteroatoms. The van der Waals surface area contributed by atoms with Gasteiger partial charge in [-0.1, -0.05) is 60.7 Å². The van der Waals surface area contributed by atoms with E-state index in [9.17, 15) is 9.59 Å². The molecule has 1 aliphatic heterocycles. The van der Waals surface area contributed by atoms with Crippen molar-refractivity contribution in [2.24, 2.45) is 0 Å². The van der Waals surface area contributed by atoms with Crippen LogP contribution in [0.1, 0.15) is 38.8 Å². The smallest absolute Gasteiger partial charge is 0.261 e. The Balaban J connectivity index is 1.61. The van der Waals surface area contributed by atoms with Crippen LogP contribution in [0.3, 0.4) is 0 Å². The molecular weight excluding hydrogens is 322 g/mol. The molecule has 0 radical (unpaired) electrons. The van der Waals surface area contributed by atoms with Crippen LogP contribution in [0.15, 0.2) is 67.2 Å². The molecule has 3 aromatic rings. The lowest BCUT2D eigenvalue weighted by Gasteiger charge is -2.27. The molecule has 1 heterocycles. The van der Waals surface area contributed by atoms with Gasteiger partial charge in [-0.3, -0.25) is 14.5 Å². The van der Waals surface area contributed by atoms with E-state index in [1.807, 2.05) is 55.5 Å². The summed E-state index contributed by atoms with van der Waals surface area (Å²) >= 11 is 0. The molecule has 3 aromatic carbocycles. The molecule has 1 aliphatic rings. The lowest BCUT2D eigenvalue weighted by Crippen LogP contribution is -2.41. The van der Waals surface area contributed by atoms with Crippen LogP contribution < -0.4 is 0 Å². The highest BCUT2D eigenvalue weighted by Crippen LogP contribution is 2.30. The number of rotatable bonds is 4. The van der Waals surface area contributed by atoms with Crippen molar-refractivity contribution >= 4 is 28.2 Å². The molecule has 26 heavy (non-hydrogen) atoms. The fraction of sp³-hybridized carbons (Fsp3) is 0.130. The van der Waals surface area contributed by atoms with E-state index in [-0.39, 0.29) is 11.8 Å². The minimum atomic E-state index is -0.210. The zero-order valence-corrected chi connectivity index (χ0v) is 14.7. The van der Waals surface area contributed by atoms with E-state index in [1.165, 1.54) is 4.90 Å². The molecule has 0 unspecified atom stereocenters. The minimum absolute atomic E-state index is 0.210. The summed E-state index contributed by atoms with van der Waals surface area (Å²) in [5.74, 6) is -0.421. The quantitative estimate of drug-likeness (QED) is 0.644. The Hall–Kier alpha value is -3.20. The average molecular weight is 341 g/mol. The standard InChI is InChI=1S/C23H19NO2/c1-15(2)17-11-9-16(10-12-17)13-14-24-22(25)19-7-3-5-18-6-4-8-20(21(18)19)23(24)26/h3-12H,1,13-14H2,2H3. The van der Waals surface area contributed by atoms with E-state index in [1.54, 1.807) is 12.1 Å². The SMILES string of the molecule is C=C(C)c1ccc(CCN2C(=O)c3cccc4cccc(c34)C2=O)cc1. The number of allylic oxidation sites excluding steroid dienone is 1. The Kier molecular flexibility index (Phi) is 3.92. The second-order valence-corrected chi connectivity index (χ2v) is 6.70. The monoisotopic (exact) mass is 341 g/mol. The molecule has 128 valence electrons. The van der Waals surface area contributed by atoms with E-state index in [2.05, 4.69) is 6.58 Å². The van der Waals surface area contributed by atoms with Crippen molar-refractivity contribution < 1.29 is 9.59 Å². The van der Waals surface area contributed by atoms with Crippen LogP contribution >= 0.6 is 0 Å². The van der Waals surface area contributed by atoms with Gasteiger partial charge in [0.25, 0.3) is 11.8 Å². The van der Waals surface area contributed by atoms with Crippen LogP contribution in [0.25, 0.3) is 16.3 Å². The normalized spacial score (nSPS) is 13.3. The van der Waals surface area contributed by atoms with Gasteiger partial charge in [0.05, 0.1) is 0 Å². The number of carbonyl (C=O) groups is 2. The van der Waals surface area contributed by atoms with E-state index in [4.69, 9.17) is 0 Å². The van der Waals surface area contributed by atoms with E-state index in [0.717, 1.165) is 27.5 Å². The van der Waals surface area contributed by atoms with Crippen LogP contribution in [0.4, 0.5) is 0 Å². The molecule has 0 aliphatic carbocycles. The molecule has 0 N–H and O–H groups in total. The highest BCUT2D eigenvalue weighted by molar-refractivity contribution is 6.25. The Morgan fingerprint density at radius 2 is 1.46 bits per heavy atom. The molecule has 0 fully saturated rings. The van der Waals surface area contributed by atoms with Crippen LogP contribution in [0.2, 0.25) is 0 Å². The fourth-order valence-corrected chi connectivity index (χ4v) is 3.48. The third-order valence-corrected chi connectivity index (χ3v) is 4.93. The van der Waals surface area contributed by atoms with Gasteiger partial charge < -0.3 is 0 Å². The van der Waals surface area contributed by atoms with E-state index < -0.39 is 0 Å². The van der Waals surface area contributed by atoms with Gasteiger partial charge in [0.15, 0.2) is 0 Å². The third kappa shape index (κ3) is 2.62. The second kappa shape index (κ2) is 6.26. The van der Waals surface area contributed by atoms with Crippen molar-refractivity contribution in [3.8, 4) is 0 Å². The maximum absolute atomic E-state index is 12.9. The molecular formula is C23H19NO2. The number of hydrogen-bond acceptors (Lipinski definition) is 2. The Bertz CT molecular complexity index is 997. The van der Waals surface area contributed by atoms with Crippen molar-refractivity contribution in [2.45, 2.75) is 13.3 Å². The number of benzene rings is 3. The van der Waals surface area contributed by atoms with Gasteiger partial charge in [-0.05, 0) is 42.0 Å². The first-order valence-corrected chi connectivity index (χ1v) is 8.69.